The lowest BCUT2D eigenvalue weighted by molar-refractivity contribution is 0.00598. The number of ketones is 1. The van der Waals surface area contributed by atoms with Gasteiger partial charge in [-0.3, -0.25) is 4.79 Å². The smallest absolute Gasteiger partial charge is 0.243 e. The van der Waals surface area contributed by atoms with Crippen LogP contribution in [0.3, 0.4) is 0 Å². The largest absolute Gasteiger partial charge is 0.486 e. The molecule has 0 radical (unpaired) electrons. The Morgan fingerprint density at radius 1 is 1.00 bits per heavy atom. The summed E-state index contributed by atoms with van der Waals surface area (Å²) in [6, 6.07) is 9.78. The number of fused-ring (bicyclic) bond motifs is 2. The number of Topliss-reactive ketones (excluding diaryl/α,β-unsaturated/α-hetero) is 1. The summed E-state index contributed by atoms with van der Waals surface area (Å²) in [5, 5.41) is 0.395. The van der Waals surface area contributed by atoms with Crippen LogP contribution in [0.4, 0.5) is 0 Å². The van der Waals surface area contributed by atoms with E-state index in [1.54, 1.807) is 24.3 Å². The van der Waals surface area contributed by atoms with Gasteiger partial charge in [-0.05, 0) is 24.3 Å². The number of rotatable bonds is 2. The molecule has 0 atom stereocenters. The van der Waals surface area contributed by atoms with Gasteiger partial charge in [0.25, 0.3) is 0 Å². The molecule has 0 unspecified atom stereocenters. The van der Waals surface area contributed by atoms with Gasteiger partial charge in [-0.25, -0.2) is 8.42 Å². The maximum Gasteiger partial charge on any atom is 0.243 e. The lowest BCUT2D eigenvalue weighted by Gasteiger charge is -2.43. The normalized spacial score (nSPS) is 20.5. The van der Waals surface area contributed by atoms with E-state index < -0.39 is 15.6 Å². The minimum absolute atomic E-state index is 0.0260. The van der Waals surface area contributed by atoms with Crippen molar-refractivity contribution in [3.63, 3.8) is 0 Å². The third-order valence-corrected chi connectivity index (χ3v) is 8.05. The van der Waals surface area contributed by atoms with E-state index >= 15 is 0 Å². The van der Waals surface area contributed by atoms with Crippen LogP contribution in [0.5, 0.6) is 17.2 Å². The summed E-state index contributed by atoms with van der Waals surface area (Å²) in [5.74, 6) is 1.35. The van der Waals surface area contributed by atoms with E-state index in [1.165, 1.54) is 16.4 Å². The van der Waals surface area contributed by atoms with E-state index in [0.717, 1.165) is 0 Å². The number of sulfonamides is 1. The Balaban J connectivity index is 1.36. The molecule has 1 fully saturated rings. The Bertz CT molecular complexity index is 1120. The van der Waals surface area contributed by atoms with Crippen molar-refractivity contribution in [1.29, 1.82) is 0 Å². The number of carbonyl (C=O) groups excluding carboxylic acids is 1. The molecule has 9 heteroatoms. The molecule has 3 aliphatic rings. The molecule has 2 aromatic carbocycles. The molecule has 0 aromatic heterocycles. The van der Waals surface area contributed by atoms with Crippen LogP contribution in [0.25, 0.3) is 0 Å². The van der Waals surface area contributed by atoms with Crippen molar-refractivity contribution in [1.82, 2.24) is 4.31 Å². The van der Waals surface area contributed by atoms with Gasteiger partial charge in [-0.15, -0.1) is 0 Å². The van der Waals surface area contributed by atoms with Crippen molar-refractivity contribution < 1.29 is 27.4 Å². The monoisotopic (exact) mass is 449 g/mol. The average Bonchev–Trinajstić information content (AvgIpc) is 2.75. The van der Waals surface area contributed by atoms with Gasteiger partial charge in [0.05, 0.1) is 21.9 Å². The lowest BCUT2D eigenvalue weighted by Crippen LogP contribution is -2.52. The van der Waals surface area contributed by atoms with E-state index in [9.17, 15) is 13.2 Å². The molecule has 0 saturated carbocycles. The van der Waals surface area contributed by atoms with E-state index in [2.05, 4.69) is 0 Å². The second kappa shape index (κ2) is 7.14. The summed E-state index contributed by atoms with van der Waals surface area (Å²) in [7, 11) is -3.70. The molecule has 1 spiro atoms. The molecule has 0 bridgehead atoms. The molecule has 3 aliphatic heterocycles. The average molecular weight is 450 g/mol. The third-order valence-electron chi connectivity index (χ3n) is 5.85. The van der Waals surface area contributed by atoms with Crippen LogP contribution in [0.2, 0.25) is 5.02 Å². The highest BCUT2D eigenvalue weighted by Crippen LogP contribution is 2.43. The van der Waals surface area contributed by atoms with Crippen LogP contribution >= 0.6 is 11.6 Å². The van der Waals surface area contributed by atoms with Gasteiger partial charge < -0.3 is 14.2 Å². The number of carbonyl (C=O) groups is 1. The summed E-state index contributed by atoms with van der Waals surface area (Å²) in [5.41, 5.74) is -0.243. The molecule has 5 rings (SSSR count). The van der Waals surface area contributed by atoms with Crippen LogP contribution in [-0.2, 0) is 10.0 Å². The van der Waals surface area contributed by atoms with Gasteiger partial charge in [0.1, 0.15) is 24.6 Å². The molecule has 1 saturated heterocycles. The fourth-order valence-electron chi connectivity index (χ4n) is 4.22. The summed E-state index contributed by atoms with van der Waals surface area (Å²) >= 11 is 6.24. The number of piperidine rings is 1. The van der Waals surface area contributed by atoms with Crippen LogP contribution in [0.1, 0.15) is 29.6 Å². The molecule has 30 heavy (non-hydrogen) atoms. The molecule has 0 N–H and O–H groups in total. The fourth-order valence-corrected chi connectivity index (χ4v) is 5.89. The summed E-state index contributed by atoms with van der Waals surface area (Å²) < 4.78 is 44.9. The molecule has 7 nitrogen and oxygen atoms in total. The van der Waals surface area contributed by atoms with Gasteiger partial charge in [-0.1, -0.05) is 17.7 Å². The van der Waals surface area contributed by atoms with Crippen LogP contribution < -0.4 is 14.2 Å². The Kier molecular flexibility index (Phi) is 4.68. The van der Waals surface area contributed by atoms with Crippen molar-refractivity contribution in [2.45, 2.75) is 29.8 Å². The summed E-state index contributed by atoms with van der Waals surface area (Å²) in [6.07, 6.45) is 1.04. The van der Waals surface area contributed by atoms with E-state index in [4.69, 9.17) is 25.8 Å². The first-order valence-electron chi connectivity index (χ1n) is 9.79. The number of benzene rings is 2. The number of halogens is 1. The van der Waals surface area contributed by atoms with Crippen LogP contribution in [0, 0.1) is 0 Å². The number of ether oxygens (including phenoxy) is 3. The first-order chi connectivity index (χ1) is 14.4. The first-order valence-corrected chi connectivity index (χ1v) is 11.6. The van der Waals surface area contributed by atoms with Gasteiger partial charge in [0.15, 0.2) is 17.3 Å². The van der Waals surface area contributed by atoms with E-state index in [-0.39, 0.29) is 30.2 Å². The highest BCUT2D eigenvalue weighted by atomic mass is 35.5. The maximum atomic E-state index is 13.2. The minimum Gasteiger partial charge on any atom is -0.486 e. The number of nitrogens with zero attached hydrogens (tertiary/aromatic N) is 1. The number of para-hydroxylation sites is 1. The zero-order valence-corrected chi connectivity index (χ0v) is 17.7. The molecule has 0 aliphatic carbocycles. The summed E-state index contributed by atoms with van der Waals surface area (Å²) in [4.78, 5) is 12.8. The van der Waals surface area contributed by atoms with E-state index in [0.29, 0.717) is 53.9 Å². The molecule has 0 amide bonds. The maximum absolute atomic E-state index is 13.2. The molecule has 158 valence electrons. The molecule has 3 heterocycles. The molecule has 2 aromatic rings. The highest BCUT2D eigenvalue weighted by molar-refractivity contribution is 7.89. The molecular weight excluding hydrogens is 430 g/mol. The van der Waals surface area contributed by atoms with Crippen molar-refractivity contribution in [3.05, 3.63) is 47.0 Å². The Hall–Kier alpha value is -2.29. The third kappa shape index (κ3) is 3.23. The van der Waals surface area contributed by atoms with Crippen LogP contribution in [-0.4, -0.2) is 50.4 Å². The highest BCUT2D eigenvalue weighted by Gasteiger charge is 2.45. The Labute approximate surface area is 179 Å². The van der Waals surface area contributed by atoms with Crippen molar-refractivity contribution in [2.24, 2.45) is 0 Å². The fraction of sp³-hybridized carbons (Fsp3) is 0.381. The molecular formula is C21H20ClNO6S. The van der Waals surface area contributed by atoms with Gasteiger partial charge in [-0.2, -0.15) is 4.31 Å². The zero-order valence-electron chi connectivity index (χ0n) is 16.1. The predicted molar refractivity (Wildman–Crippen MR) is 109 cm³/mol. The Morgan fingerprint density at radius 2 is 1.73 bits per heavy atom. The summed E-state index contributed by atoms with van der Waals surface area (Å²) in [6.45, 7) is 1.34. The second-order valence-corrected chi connectivity index (χ2v) is 10.1. The topological polar surface area (TPSA) is 82.1 Å². The second-order valence-electron chi connectivity index (χ2n) is 7.71. The van der Waals surface area contributed by atoms with Gasteiger partial charge in [0.2, 0.25) is 10.0 Å². The van der Waals surface area contributed by atoms with Gasteiger partial charge in [0, 0.05) is 32.0 Å². The predicted octanol–water partition coefficient (Wildman–Crippen LogP) is 3.30. The van der Waals surface area contributed by atoms with Gasteiger partial charge >= 0.3 is 0 Å². The standard InChI is InChI=1S/C21H20ClNO6S/c22-16-3-1-2-15-17(24)13-21(29-20(15)16)6-8-23(9-7-21)30(25,26)14-4-5-18-19(12-14)28-11-10-27-18/h1-5,12H,6-11,13H2. The van der Waals surface area contributed by atoms with Crippen LogP contribution in [0.15, 0.2) is 41.3 Å². The minimum atomic E-state index is -3.70. The zero-order chi connectivity index (χ0) is 20.9. The van der Waals surface area contributed by atoms with E-state index in [1.807, 2.05) is 0 Å². The quantitative estimate of drug-likeness (QED) is 0.699. The van der Waals surface area contributed by atoms with Crippen molar-refractivity contribution >= 4 is 27.4 Å². The Morgan fingerprint density at radius 3 is 2.50 bits per heavy atom. The SMILES string of the molecule is O=C1CC2(CCN(S(=O)(=O)c3ccc4c(c3)OCCO4)CC2)Oc2c(Cl)cccc21. The van der Waals surface area contributed by atoms with Crippen molar-refractivity contribution in [3.8, 4) is 17.2 Å². The van der Waals surface area contributed by atoms with Crippen molar-refractivity contribution in [2.75, 3.05) is 26.3 Å². The number of hydrogen-bond donors (Lipinski definition) is 0. The lowest BCUT2D eigenvalue weighted by atomic mass is 9.83. The first kappa shape index (κ1) is 19.7. The number of hydrogen-bond acceptors (Lipinski definition) is 6.